The molecule has 0 unspecified atom stereocenters. The molecule has 4 aromatic rings. The molecule has 36 heavy (non-hydrogen) atoms. The Kier molecular flexibility index (Phi) is 5.13. The van der Waals surface area contributed by atoms with E-state index < -0.39 is 33.9 Å². The van der Waals surface area contributed by atoms with Gasteiger partial charge in [-0.05, 0) is 43.3 Å². The van der Waals surface area contributed by atoms with E-state index in [-0.39, 0.29) is 22.6 Å². The summed E-state index contributed by atoms with van der Waals surface area (Å²) in [5.74, 6) is -0.367. The summed E-state index contributed by atoms with van der Waals surface area (Å²) in [6.07, 6.45) is 0. The summed E-state index contributed by atoms with van der Waals surface area (Å²) < 4.78 is 34.9. The van der Waals surface area contributed by atoms with Crippen molar-refractivity contribution in [3.63, 3.8) is 0 Å². The van der Waals surface area contributed by atoms with Crippen molar-refractivity contribution in [2.45, 2.75) is 30.4 Å². The first kappa shape index (κ1) is 22.4. The monoisotopic (exact) mass is 499 g/mol. The maximum Gasteiger partial charge on any atom is 0.262 e. The standard InChI is InChI=1S/C27H21N3O5S/c1-17-23(30-26(31)20-14-8-9-15-21(20)27(30)32)24-22(28-25(35-24)18-10-4-2-5-11-18)16-29(17)36(33,34)19-12-6-3-7-13-19/h2-15,17,23H,16H2,1H3/t17-,23-/m0/s1. The van der Waals surface area contributed by atoms with E-state index in [2.05, 4.69) is 4.98 Å². The number of sulfonamides is 1. The van der Waals surface area contributed by atoms with Gasteiger partial charge in [0, 0.05) is 5.56 Å². The summed E-state index contributed by atoms with van der Waals surface area (Å²) in [6, 6.07) is 22.1. The number of fused-ring (bicyclic) bond motifs is 2. The van der Waals surface area contributed by atoms with Crippen LogP contribution in [-0.2, 0) is 16.6 Å². The number of aromatic nitrogens is 1. The van der Waals surface area contributed by atoms with Gasteiger partial charge in [0.2, 0.25) is 15.9 Å². The summed E-state index contributed by atoms with van der Waals surface area (Å²) in [7, 11) is -3.97. The Morgan fingerprint density at radius 3 is 2.00 bits per heavy atom. The van der Waals surface area contributed by atoms with Gasteiger partial charge in [0.1, 0.15) is 11.7 Å². The zero-order valence-electron chi connectivity index (χ0n) is 19.2. The summed E-state index contributed by atoms with van der Waals surface area (Å²) in [5, 5.41) is 0. The second-order valence-electron chi connectivity index (χ2n) is 8.77. The molecule has 180 valence electrons. The van der Waals surface area contributed by atoms with E-state index >= 15 is 0 Å². The summed E-state index contributed by atoms with van der Waals surface area (Å²) >= 11 is 0. The van der Waals surface area contributed by atoms with Gasteiger partial charge < -0.3 is 4.42 Å². The third kappa shape index (κ3) is 3.31. The average molecular weight is 500 g/mol. The highest BCUT2D eigenvalue weighted by Gasteiger charge is 2.51. The second-order valence-corrected chi connectivity index (χ2v) is 10.7. The third-order valence-corrected chi connectivity index (χ3v) is 8.63. The fraction of sp³-hybridized carbons (Fsp3) is 0.148. The Balaban J connectivity index is 1.51. The van der Waals surface area contributed by atoms with Gasteiger partial charge >= 0.3 is 0 Å². The van der Waals surface area contributed by atoms with E-state index in [1.54, 1.807) is 49.4 Å². The number of carbonyl (C=O) groups is 2. The highest BCUT2D eigenvalue weighted by atomic mass is 32.2. The fourth-order valence-electron chi connectivity index (χ4n) is 4.91. The van der Waals surface area contributed by atoms with Crippen LogP contribution in [0.1, 0.15) is 45.1 Å². The van der Waals surface area contributed by atoms with Gasteiger partial charge in [-0.2, -0.15) is 4.31 Å². The van der Waals surface area contributed by atoms with Crippen LogP contribution in [0.25, 0.3) is 11.5 Å². The van der Waals surface area contributed by atoms with Gasteiger partial charge in [-0.3, -0.25) is 14.5 Å². The maximum atomic E-state index is 13.7. The molecule has 0 bridgehead atoms. The molecule has 0 fully saturated rings. The molecule has 0 saturated carbocycles. The van der Waals surface area contributed by atoms with Crippen LogP contribution in [0.5, 0.6) is 0 Å². The van der Waals surface area contributed by atoms with Crippen molar-refractivity contribution in [2.24, 2.45) is 0 Å². The highest BCUT2D eigenvalue weighted by Crippen LogP contribution is 2.43. The van der Waals surface area contributed by atoms with Crippen LogP contribution in [0.15, 0.2) is 94.2 Å². The van der Waals surface area contributed by atoms with Crippen molar-refractivity contribution in [1.29, 1.82) is 0 Å². The molecule has 0 spiro atoms. The molecule has 2 atom stereocenters. The van der Waals surface area contributed by atoms with E-state index in [1.807, 2.05) is 30.3 Å². The normalized spacial score (nSPS) is 19.9. The second kappa shape index (κ2) is 8.25. The van der Waals surface area contributed by atoms with E-state index in [4.69, 9.17) is 4.42 Å². The zero-order chi connectivity index (χ0) is 25.0. The fourth-order valence-corrected chi connectivity index (χ4v) is 6.52. The molecule has 3 aromatic carbocycles. The predicted octanol–water partition coefficient (Wildman–Crippen LogP) is 4.27. The Labute approximate surface area is 207 Å². The molecule has 2 aliphatic heterocycles. The number of hydrogen-bond acceptors (Lipinski definition) is 6. The van der Waals surface area contributed by atoms with E-state index in [1.165, 1.54) is 16.4 Å². The Hall–Kier alpha value is -4.08. The Bertz CT molecular complexity index is 1560. The van der Waals surface area contributed by atoms with Crippen LogP contribution in [0, 0.1) is 0 Å². The Morgan fingerprint density at radius 2 is 1.39 bits per heavy atom. The Morgan fingerprint density at radius 1 is 0.833 bits per heavy atom. The number of oxazole rings is 1. The number of carbonyl (C=O) groups excluding carboxylic acids is 2. The molecular weight excluding hydrogens is 478 g/mol. The molecule has 3 heterocycles. The first-order chi connectivity index (χ1) is 17.4. The molecule has 2 aliphatic rings. The average Bonchev–Trinajstić information content (AvgIpc) is 3.44. The van der Waals surface area contributed by atoms with Gasteiger partial charge in [0.15, 0.2) is 5.76 Å². The molecule has 1 aromatic heterocycles. The van der Waals surface area contributed by atoms with Crippen molar-refractivity contribution in [3.05, 3.63) is 108 Å². The lowest BCUT2D eigenvalue weighted by Gasteiger charge is -2.39. The zero-order valence-corrected chi connectivity index (χ0v) is 20.1. The smallest absolute Gasteiger partial charge is 0.262 e. The van der Waals surface area contributed by atoms with Gasteiger partial charge in [-0.1, -0.05) is 48.5 Å². The minimum absolute atomic E-state index is 0.0519. The van der Waals surface area contributed by atoms with Crippen molar-refractivity contribution >= 4 is 21.8 Å². The first-order valence-corrected chi connectivity index (χ1v) is 12.9. The molecule has 8 nitrogen and oxygen atoms in total. The van der Waals surface area contributed by atoms with Crippen LogP contribution in [0.4, 0.5) is 0 Å². The number of benzene rings is 3. The molecule has 0 saturated heterocycles. The largest absolute Gasteiger partial charge is 0.439 e. The van der Waals surface area contributed by atoms with Gasteiger partial charge in [0.25, 0.3) is 11.8 Å². The number of nitrogens with zero attached hydrogens (tertiary/aromatic N) is 3. The van der Waals surface area contributed by atoms with Crippen molar-refractivity contribution in [2.75, 3.05) is 0 Å². The summed E-state index contributed by atoms with van der Waals surface area (Å²) in [4.78, 5) is 32.7. The quantitative estimate of drug-likeness (QED) is 0.389. The van der Waals surface area contributed by atoms with Crippen LogP contribution < -0.4 is 0 Å². The number of rotatable bonds is 4. The lowest BCUT2D eigenvalue weighted by Crippen LogP contribution is -2.51. The molecular formula is C27H21N3O5S. The van der Waals surface area contributed by atoms with Gasteiger partial charge in [-0.25, -0.2) is 13.4 Å². The first-order valence-electron chi connectivity index (χ1n) is 11.5. The van der Waals surface area contributed by atoms with Crippen LogP contribution in [0.3, 0.4) is 0 Å². The number of amides is 2. The molecule has 6 rings (SSSR count). The maximum absolute atomic E-state index is 13.7. The van der Waals surface area contributed by atoms with Gasteiger partial charge in [0.05, 0.1) is 28.6 Å². The minimum atomic E-state index is -3.97. The number of hydrogen-bond donors (Lipinski definition) is 0. The minimum Gasteiger partial charge on any atom is -0.439 e. The topological polar surface area (TPSA) is 101 Å². The van der Waals surface area contributed by atoms with E-state index in [0.717, 1.165) is 4.90 Å². The lowest BCUT2D eigenvalue weighted by atomic mass is 9.99. The van der Waals surface area contributed by atoms with Crippen molar-refractivity contribution < 1.29 is 22.4 Å². The van der Waals surface area contributed by atoms with Crippen molar-refractivity contribution in [1.82, 2.24) is 14.2 Å². The summed E-state index contributed by atoms with van der Waals surface area (Å²) in [6.45, 7) is 1.63. The lowest BCUT2D eigenvalue weighted by molar-refractivity contribution is 0.0455. The third-order valence-electron chi connectivity index (χ3n) is 6.69. The van der Waals surface area contributed by atoms with Crippen LogP contribution >= 0.6 is 0 Å². The van der Waals surface area contributed by atoms with E-state index in [0.29, 0.717) is 22.9 Å². The van der Waals surface area contributed by atoms with Crippen molar-refractivity contribution in [3.8, 4) is 11.5 Å². The predicted molar refractivity (Wildman–Crippen MR) is 130 cm³/mol. The molecule has 0 radical (unpaired) electrons. The van der Waals surface area contributed by atoms with E-state index in [9.17, 15) is 18.0 Å². The summed E-state index contributed by atoms with van der Waals surface area (Å²) in [5.41, 5.74) is 1.63. The molecule has 0 N–H and O–H groups in total. The van der Waals surface area contributed by atoms with Crippen LogP contribution in [0.2, 0.25) is 0 Å². The molecule has 9 heteroatoms. The van der Waals surface area contributed by atoms with Crippen LogP contribution in [-0.4, -0.2) is 40.5 Å². The molecule has 2 amide bonds. The molecule has 0 aliphatic carbocycles. The van der Waals surface area contributed by atoms with Gasteiger partial charge in [-0.15, -0.1) is 0 Å². The number of imide groups is 1. The SMILES string of the molecule is C[C@H]1[C@H](N2C(=O)c3ccccc3C2=O)c2oc(-c3ccccc3)nc2CN1S(=O)(=O)c1ccccc1. The highest BCUT2D eigenvalue weighted by molar-refractivity contribution is 7.89.